The van der Waals surface area contributed by atoms with E-state index in [0.717, 1.165) is 45.9 Å². The van der Waals surface area contributed by atoms with E-state index < -0.39 is 12.1 Å². The van der Waals surface area contributed by atoms with Gasteiger partial charge in [0, 0.05) is 60.4 Å². The molecule has 40 heavy (non-hydrogen) atoms. The minimum absolute atomic E-state index is 0.00212. The first-order valence-corrected chi connectivity index (χ1v) is 14.2. The maximum Gasteiger partial charge on any atom is 0.573 e. The number of ether oxygens (including phenoxy) is 2. The van der Waals surface area contributed by atoms with Crippen LogP contribution < -0.4 is 15.4 Å². The number of carbonyl (C=O) groups excluding carboxylic acids is 1. The average Bonchev–Trinajstić information content (AvgIpc) is 2.94. The van der Waals surface area contributed by atoms with Crippen LogP contribution >= 0.6 is 23.4 Å². The number of hydrogen-bond donors (Lipinski definition) is 2. The first-order chi connectivity index (χ1) is 19.2. The van der Waals surface area contributed by atoms with Gasteiger partial charge < -0.3 is 20.1 Å². The minimum atomic E-state index is -4.78. The van der Waals surface area contributed by atoms with Gasteiger partial charge in [-0.3, -0.25) is 9.78 Å². The molecule has 2 N–H and O–H groups in total. The molecule has 212 valence electrons. The summed E-state index contributed by atoms with van der Waals surface area (Å²) in [6.07, 6.45) is 2.25. The highest BCUT2D eigenvalue weighted by Gasteiger charge is 2.32. The summed E-state index contributed by atoms with van der Waals surface area (Å²) in [7, 11) is 0. The fraction of sp³-hybridized carbons (Fsp3) is 0.321. The van der Waals surface area contributed by atoms with Gasteiger partial charge in [0.15, 0.2) is 0 Å². The molecule has 0 atom stereocenters. The molecule has 2 heterocycles. The highest BCUT2D eigenvalue weighted by Crippen LogP contribution is 2.31. The first-order valence-electron chi connectivity index (χ1n) is 12.6. The van der Waals surface area contributed by atoms with E-state index >= 15 is 0 Å². The van der Waals surface area contributed by atoms with Gasteiger partial charge in [0.25, 0.3) is 0 Å². The van der Waals surface area contributed by atoms with Gasteiger partial charge >= 0.3 is 6.36 Å². The van der Waals surface area contributed by atoms with Crippen LogP contribution in [0.3, 0.4) is 0 Å². The van der Waals surface area contributed by atoms with Crippen molar-refractivity contribution in [2.45, 2.75) is 25.7 Å². The van der Waals surface area contributed by atoms with Gasteiger partial charge in [-0.25, -0.2) is 4.98 Å². The molecule has 0 unspecified atom stereocenters. The van der Waals surface area contributed by atoms with Crippen LogP contribution in [0.15, 0.2) is 54.9 Å². The van der Waals surface area contributed by atoms with E-state index in [1.54, 1.807) is 12.5 Å². The number of hydrogen-bond acceptors (Lipinski definition) is 8. The Morgan fingerprint density at radius 3 is 2.65 bits per heavy atom. The second-order valence-corrected chi connectivity index (χ2v) is 10.0. The third-order valence-corrected chi connectivity index (χ3v) is 6.90. The van der Waals surface area contributed by atoms with Crippen molar-refractivity contribution in [3.63, 3.8) is 0 Å². The number of benzene rings is 2. The molecule has 0 amide bonds. The molecule has 7 nitrogen and oxygen atoms in total. The zero-order chi connectivity index (χ0) is 28.5. The second kappa shape index (κ2) is 14.0. The molecule has 2 aromatic heterocycles. The van der Waals surface area contributed by atoms with Gasteiger partial charge in [-0.05, 0) is 55.0 Å². The quantitative estimate of drug-likeness (QED) is 0.129. The summed E-state index contributed by atoms with van der Waals surface area (Å²) in [4.78, 5) is 21.2. The molecule has 4 rings (SSSR count). The van der Waals surface area contributed by atoms with Crippen molar-refractivity contribution in [3.05, 3.63) is 71.0 Å². The largest absolute Gasteiger partial charge is 0.573 e. The molecule has 0 aliphatic rings. The van der Waals surface area contributed by atoms with E-state index in [4.69, 9.17) is 21.3 Å². The number of pyridine rings is 2. The van der Waals surface area contributed by atoms with E-state index in [2.05, 4.69) is 20.4 Å². The Hall–Kier alpha value is -3.12. The molecule has 12 heteroatoms. The molecule has 0 aliphatic carbocycles. The van der Waals surface area contributed by atoms with Crippen molar-refractivity contribution in [2.24, 2.45) is 0 Å². The number of carbonyl (C=O) groups is 1. The topological polar surface area (TPSA) is 85.4 Å². The SMILES string of the molecule is CSC(=O)c1ccc2c(c1)nc(NCCCCOCCNCc1ccc(OC(F)(F)F)c(Cl)c1)c1ccncc12. The Bertz CT molecular complexity index is 1470. The Balaban J connectivity index is 1.18. The van der Waals surface area contributed by atoms with Crippen molar-refractivity contribution < 1.29 is 27.4 Å². The van der Waals surface area contributed by atoms with Crippen LogP contribution in [0.2, 0.25) is 5.02 Å². The molecule has 0 saturated carbocycles. The molecule has 0 bridgehead atoms. The van der Waals surface area contributed by atoms with E-state index in [-0.39, 0.29) is 10.1 Å². The molecule has 2 aromatic carbocycles. The Morgan fingerprint density at radius 1 is 1.02 bits per heavy atom. The van der Waals surface area contributed by atoms with E-state index in [9.17, 15) is 18.0 Å². The van der Waals surface area contributed by atoms with Crippen LogP contribution in [-0.4, -0.2) is 54.0 Å². The summed E-state index contributed by atoms with van der Waals surface area (Å²) < 4.78 is 46.6. The number of nitrogens with zero attached hydrogens (tertiary/aromatic N) is 2. The maximum absolute atomic E-state index is 12.3. The van der Waals surface area contributed by atoms with Crippen molar-refractivity contribution in [1.29, 1.82) is 0 Å². The lowest BCUT2D eigenvalue weighted by atomic mass is 10.1. The summed E-state index contributed by atoms with van der Waals surface area (Å²) in [5, 5.41) is 9.38. The van der Waals surface area contributed by atoms with Crippen molar-refractivity contribution in [2.75, 3.05) is 37.9 Å². The Morgan fingerprint density at radius 2 is 1.88 bits per heavy atom. The third-order valence-electron chi connectivity index (χ3n) is 6.00. The summed E-state index contributed by atoms with van der Waals surface area (Å²) in [6.45, 7) is 2.81. The predicted molar refractivity (Wildman–Crippen MR) is 153 cm³/mol. The summed E-state index contributed by atoms with van der Waals surface area (Å²) in [5.74, 6) is 0.330. The lowest BCUT2D eigenvalue weighted by molar-refractivity contribution is -0.274. The Labute approximate surface area is 238 Å². The van der Waals surface area contributed by atoms with Gasteiger partial charge in [-0.1, -0.05) is 35.5 Å². The molecule has 0 spiro atoms. The van der Waals surface area contributed by atoms with Crippen LogP contribution in [0, 0.1) is 0 Å². The number of alkyl halides is 3. The molecule has 0 radical (unpaired) electrons. The smallest absolute Gasteiger partial charge is 0.404 e. The minimum Gasteiger partial charge on any atom is -0.404 e. The molecule has 0 saturated heterocycles. The lowest BCUT2D eigenvalue weighted by Crippen LogP contribution is -2.20. The van der Waals surface area contributed by atoms with Crippen molar-refractivity contribution in [3.8, 4) is 5.75 Å². The fourth-order valence-electron chi connectivity index (χ4n) is 4.10. The molecular formula is C28H28ClF3N4O3S. The number of rotatable bonds is 13. The number of anilines is 1. The van der Waals surface area contributed by atoms with E-state index in [1.807, 2.05) is 30.5 Å². The number of fused-ring (bicyclic) bond motifs is 3. The van der Waals surface area contributed by atoms with E-state index in [0.29, 0.717) is 38.4 Å². The third kappa shape index (κ3) is 8.20. The van der Waals surface area contributed by atoms with Crippen LogP contribution in [0.25, 0.3) is 21.7 Å². The number of unbranched alkanes of at least 4 members (excludes halogenated alkanes) is 1. The maximum atomic E-state index is 12.3. The van der Waals surface area contributed by atoms with Gasteiger partial charge in [0.2, 0.25) is 5.12 Å². The van der Waals surface area contributed by atoms with Gasteiger partial charge in [-0.15, -0.1) is 13.2 Å². The first kappa shape index (κ1) is 29.9. The van der Waals surface area contributed by atoms with Gasteiger partial charge in [0.05, 0.1) is 17.1 Å². The van der Waals surface area contributed by atoms with Crippen LogP contribution in [0.4, 0.5) is 19.0 Å². The van der Waals surface area contributed by atoms with Crippen molar-refractivity contribution >= 4 is 56.0 Å². The molecular weight excluding hydrogens is 565 g/mol. The zero-order valence-corrected chi connectivity index (χ0v) is 23.3. The molecule has 0 fully saturated rings. The number of thioether (sulfide) groups is 1. The van der Waals surface area contributed by atoms with Crippen molar-refractivity contribution in [1.82, 2.24) is 15.3 Å². The lowest BCUT2D eigenvalue weighted by Gasteiger charge is -2.12. The normalized spacial score (nSPS) is 11.7. The van der Waals surface area contributed by atoms with Crippen LogP contribution in [0.5, 0.6) is 5.75 Å². The second-order valence-electron chi connectivity index (χ2n) is 8.84. The summed E-state index contributed by atoms with van der Waals surface area (Å²) in [6, 6.07) is 11.7. The highest BCUT2D eigenvalue weighted by atomic mass is 35.5. The van der Waals surface area contributed by atoms with Crippen LogP contribution in [0.1, 0.15) is 28.8 Å². The summed E-state index contributed by atoms with van der Waals surface area (Å²) in [5.41, 5.74) is 2.10. The Kier molecular flexibility index (Phi) is 10.4. The van der Waals surface area contributed by atoms with Gasteiger partial charge in [-0.2, -0.15) is 0 Å². The molecule has 0 aliphatic heterocycles. The number of aromatic nitrogens is 2. The number of halogens is 4. The monoisotopic (exact) mass is 592 g/mol. The standard InChI is InChI=1S/C28H28ClF3N4O3S/c1-40-27(37)19-5-6-20-22-17-33-10-8-21(22)26(36-24(20)15-19)35-9-2-3-12-38-13-11-34-16-18-4-7-25(23(29)14-18)39-28(30,31)32/h4-8,10,14-15,17,34H,2-3,9,11-13,16H2,1H3,(H,35,36). The van der Waals surface area contributed by atoms with E-state index in [1.165, 1.54) is 30.0 Å². The van der Waals surface area contributed by atoms with Crippen LogP contribution in [-0.2, 0) is 11.3 Å². The average molecular weight is 593 g/mol. The highest BCUT2D eigenvalue weighted by molar-refractivity contribution is 8.13. The fourth-order valence-corrected chi connectivity index (χ4v) is 4.71. The molecule has 4 aromatic rings. The van der Waals surface area contributed by atoms with Gasteiger partial charge in [0.1, 0.15) is 11.6 Å². The zero-order valence-electron chi connectivity index (χ0n) is 21.7. The summed E-state index contributed by atoms with van der Waals surface area (Å²) >= 11 is 7.04. The predicted octanol–water partition coefficient (Wildman–Crippen LogP) is 6.84. The number of nitrogens with one attached hydrogen (secondary N) is 2.